The molecule has 0 N–H and O–H groups in total. The van der Waals surface area contributed by atoms with Gasteiger partial charge in [-0.05, 0) is 12.1 Å². The van der Waals surface area contributed by atoms with E-state index in [4.69, 9.17) is 0 Å². The van der Waals surface area contributed by atoms with Crippen LogP contribution in [-0.2, 0) is 0 Å². The highest BCUT2D eigenvalue weighted by molar-refractivity contribution is 5.24. The van der Waals surface area contributed by atoms with Crippen LogP contribution in [0.4, 0.5) is 13.2 Å². The molecule has 1 rings (SSSR count). The van der Waals surface area contributed by atoms with Crippen molar-refractivity contribution < 1.29 is 13.2 Å². The van der Waals surface area contributed by atoms with Crippen LogP contribution in [0.2, 0.25) is 0 Å². The molecule has 0 aliphatic carbocycles. The van der Waals surface area contributed by atoms with E-state index in [1.54, 1.807) is 12.1 Å². The van der Waals surface area contributed by atoms with Gasteiger partial charge in [0.2, 0.25) is 0 Å². The Morgan fingerprint density at radius 3 is 2.09 bits per heavy atom. The quantitative estimate of drug-likeness (QED) is 0.596. The molecular formula is C7H6F3N. The second-order valence-electron chi connectivity index (χ2n) is 1.99. The third-order valence-corrected chi connectivity index (χ3v) is 1.06. The second-order valence-corrected chi connectivity index (χ2v) is 1.99. The number of alkyl halides is 3. The number of aromatic nitrogens is 1. The molecule has 60 valence electrons. The second kappa shape index (κ2) is 2.82. The topological polar surface area (TPSA) is 4.93 Å². The minimum absolute atomic E-state index is 0.188. The lowest BCUT2D eigenvalue weighted by molar-refractivity contribution is -0.0792. The van der Waals surface area contributed by atoms with E-state index in [-0.39, 0.29) is 6.08 Å². The minimum Gasteiger partial charge on any atom is -0.331 e. The molecular weight excluding hydrogens is 155 g/mol. The first kappa shape index (κ1) is 7.91. The van der Waals surface area contributed by atoms with Gasteiger partial charge in [0.25, 0.3) is 0 Å². The number of halogens is 3. The predicted molar refractivity (Wildman–Crippen MR) is 35.8 cm³/mol. The number of hydrogen-bond acceptors (Lipinski definition) is 0. The zero-order chi connectivity index (χ0) is 8.32. The van der Waals surface area contributed by atoms with Crippen molar-refractivity contribution in [2.24, 2.45) is 0 Å². The maximum atomic E-state index is 11.5. The summed E-state index contributed by atoms with van der Waals surface area (Å²) in [6, 6.07) is 3.31. The first-order valence-electron chi connectivity index (χ1n) is 2.96. The zero-order valence-electron chi connectivity index (χ0n) is 5.55. The Labute approximate surface area is 61.8 Å². The summed E-state index contributed by atoms with van der Waals surface area (Å²) < 4.78 is 36.0. The van der Waals surface area contributed by atoms with E-state index in [1.807, 2.05) is 0 Å². The van der Waals surface area contributed by atoms with Crippen molar-refractivity contribution in [3.8, 4) is 0 Å². The van der Waals surface area contributed by atoms with E-state index in [2.05, 4.69) is 0 Å². The van der Waals surface area contributed by atoms with E-state index >= 15 is 0 Å². The van der Waals surface area contributed by atoms with E-state index in [1.165, 1.54) is 17.0 Å². The number of hydrogen-bond donors (Lipinski definition) is 0. The summed E-state index contributed by atoms with van der Waals surface area (Å²) in [4.78, 5) is 0. The Morgan fingerprint density at radius 1 is 1.09 bits per heavy atom. The monoisotopic (exact) mass is 161 g/mol. The van der Waals surface area contributed by atoms with Crippen molar-refractivity contribution in [3.63, 3.8) is 0 Å². The van der Waals surface area contributed by atoms with Gasteiger partial charge in [-0.25, -0.2) is 0 Å². The van der Waals surface area contributed by atoms with Crippen LogP contribution in [0.25, 0.3) is 6.20 Å². The lowest BCUT2D eigenvalue weighted by atomic mass is 10.6. The van der Waals surface area contributed by atoms with Gasteiger partial charge in [-0.3, -0.25) is 0 Å². The van der Waals surface area contributed by atoms with Crippen LogP contribution in [0.1, 0.15) is 0 Å². The van der Waals surface area contributed by atoms with Gasteiger partial charge < -0.3 is 4.57 Å². The summed E-state index contributed by atoms with van der Waals surface area (Å²) in [6.07, 6.45) is -0.0260. The Kier molecular flexibility index (Phi) is 2.03. The van der Waals surface area contributed by atoms with Gasteiger partial charge in [0, 0.05) is 24.7 Å². The molecule has 0 aliphatic heterocycles. The van der Waals surface area contributed by atoms with Crippen molar-refractivity contribution in [2.75, 3.05) is 0 Å². The molecule has 1 aromatic heterocycles. The fourth-order valence-corrected chi connectivity index (χ4v) is 0.618. The third-order valence-electron chi connectivity index (χ3n) is 1.06. The average molecular weight is 161 g/mol. The van der Waals surface area contributed by atoms with Crippen LogP contribution in [0, 0.1) is 0 Å². The Bertz CT molecular complexity index is 233. The fourth-order valence-electron chi connectivity index (χ4n) is 0.618. The standard InChI is InChI=1S/C7H6F3N/c8-7(9,10)3-6-11-4-1-2-5-11/h1-6H. The highest BCUT2D eigenvalue weighted by Crippen LogP contribution is 2.16. The van der Waals surface area contributed by atoms with Gasteiger partial charge >= 0.3 is 6.18 Å². The predicted octanol–water partition coefficient (Wildman–Crippen LogP) is 2.52. The molecule has 0 aliphatic rings. The van der Waals surface area contributed by atoms with Gasteiger partial charge in [-0.1, -0.05) is 0 Å². The molecule has 4 heteroatoms. The Hall–Kier alpha value is -1.19. The third kappa shape index (κ3) is 2.93. The molecule has 0 spiro atoms. The number of nitrogens with zero attached hydrogens (tertiary/aromatic N) is 1. The van der Waals surface area contributed by atoms with Crippen molar-refractivity contribution in [3.05, 3.63) is 30.6 Å². The van der Waals surface area contributed by atoms with E-state index < -0.39 is 6.18 Å². The maximum absolute atomic E-state index is 11.5. The molecule has 0 fully saturated rings. The molecule has 0 atom stereocenters. The van der Waals surface area contributed by atoms with Crippen LogP contribution >= 0.6 is 0 Å². The molecule has 11 heavy (non-hydrogen) atoms. The average Bonchev–Trinajstić information content (AvgIpc) is 2.32. The summed E-state index contributed by atoms with van der Waals surface area (Å²) in [5.41, 5.74) is 0. The first-order valence-corrected chi connectivity index (χ1v) is 2.96. The summed E-state index contributed by atoms with van der Waals surface area (Å²) in [5, 5.41) is 0. The van der Waals surface area contributed by atoms with E-state index in [0.717, 1.165) is 6.20 Å². The van der Waals surface area contributed by atoms with Crippen molar-refractivity contribution >= 4 is 6.20 Å². The highest BCUT2D eigenvalue weighted by atomic mass is 19.4. The summed E-state index contributed by atoms with van der Waals surface area (Å²) in [5.74, 6) is 0. The fraction of sp³-hybridized carbons (Fsp3) is 0.143. The van der Waals surface area contributed by atoms with Gasteiger partial charge in [0.1, 0.15) is 0 Å². The molecule has 1 heterocycles. The lowest BCUT2D eigenvalue weighted by Gasteiger charge is -1.97. The van der Waals surface area contributed by atoms with Crippen molar-refractivity contribution in [1.29, 1.82) is 0 Å². The largest absolute Gasteiger partial charge is 0.411 e. The molecule has 0 aromatic carbocycles. The Morgan fingerprint density at radius 2 is 1.64 bits per heavy atom. The minimum atomic E-state index is -4.23. The van der Waals surface area contributed by atoms with Gasteiger partial charge in [-0.15, -0.1) is 0 Å². The number of allylic oxidation sites excluding steroid dienone is 1. The van der Waals surface area contributed by atoms with Crippen LogP contribution in [0.3, 0.4) is 0 Å². The molecule has 0 amide bonds. The van der Waals surface area contributed by atoms with Crippen LogP contribution in [-0.4, -0.2) is 10.7 Å². The Balaban J connectivity index is 2.63. The molecule has 0 bridgehead atoms. The molecule has 0 saturated carbocycles. The van der Waals surface area contributed by atoms with Crippen LogP contribution in [0.15, 0.2) is 30.6 Å². The van der Waals surface area contributed by atoms with Crippen molar-refractivity contribution in [1.82, 2.24) is 4.57 Å². The van der Waals surface area contributed by atoms with Crippen LogP contribution < -0.4 is 0 Å². The molecule has 1 aromatic rings. The number of rotatable bonds is 1. The normalized spacial score (nSPS) is 12.6. The van der Waals surface area contributed by atoms with E-state index in [9.17, 15) is 13.2 Å². The molecule has 0 unspecified atom stereocenters. The first-order chi connectivity index (χ1) is 5.08. The van der Waals surface area contributed by atoms with Gasteiger partial charge in [-0.2, -0.15) is 13.2 Å². The zero-order valence-corrected chi connectivity index (χ0v) is 5.55. The van der Waals surface area contributed by atoms with E-state index in [0.29, 0.717) is 0 Å². The van der Waals surface area contributed by atoms with Crippen molar-refractivity contribution in [2.45, 2.75) is 6.18 Å². The van der Waals surface area contributed by atoms with Crippen LogP contribution in [0.5, 0.6) is 0 Å². The smallest absolute Gasteiger partial charge is 0.331 e. The molecule has 0 saturated heterocycles. The highest BCUT2D eigenvalue weighted by Gasteiger charge is 2.21. The summed E-state index contributed by atoms with van der Waals surface area (Å²) >= 11 is 0. The van der Waals surface area contributed by atoms with Gasteiger partial charge in [0.05, 0.1) is 0 Å². The maximum Gasteiger partial charge on any atom is 0.411 e. The summed E-state index contributed by atoms with van der Waals surface area (Å²) in [7, 11) is 0. The molecule has 1 nitrogen and oxygen atoms in total. The SMILES string of the molecule is FC(F)(F)C=Cn1cccc1. The summed E-state index contributed by atoms with van der Waals surface area (Å²) in [6.45, 7) is 0. The lowest BCUT2D eigenvalue weighted by Crippen LogP contribution is -2.01. The molecule has 0 radical (unpaired) electrons. The van der Waals surface area contributed by atoms with Gasteiger partial charge in [0.15, 0.2) is 0 Å².